The average molecular weight is 745 g/mol. The van der Waals surface area contributed by atoms with Crippen molar-refractivity contribution in [3.63, 3.8) is 0 Å². The molecule has 3 aromatic rings. The lowest BCUT2D eigenvalue weighted by molar-refractivity contribution is -0.151. The number of benzene rings is 2. The molecule has 1 aromatic heterocycles. The summed E-state index contributed by atoms with van der Waals surface area (Å²) in [7, 11) is 1.65. The fourth-order valence-corrected chi connectivity index (χ4v) is 8.79. The monoisotopic (exact) mass is 744 g/mol. The predicted octanol–water partition coefficient (Wildman–Crippen LogP) is 4.45. The van der Waals surface area contributed by atoms with Crippen LogP contribution in [-0.4, -0.2) is 118 Å². The molecule has 4 aliphatic heterocycles. The summed E-state index contributed by atoms with van der Waals surface area (Å²) >= 11 is 0. The molecular formula is C40H52N6O8. The van der Waals surface area contributed by atoms with Crippen molar-refractivity contribution in [2.24, 2.45) is 7.05 Å². The molecule has 2 atom stereocenters. The first-order valence-electron chi connectivity index (χ1n) is 19.5. The predicted molar refractivity (Wildman–Crippen MR) is 201 cm³/mol. The molecule has 0 radical (unpaired) electrons. The number of nitrogens with zero attached hydrogens (tertiary/aromatic N) is 5. The standard InChI is InChI=1S/C40H52N6O8/c1-4-22-52-37(48)32-10-7-16-45(32)29-12-17-43(18-13-29)36(47)34(25-27-23-26(2)35-33(24-27)53-39(50)42(35)3)54-40(51)44-19-14-30(15-20-44)46-21-11-28-8-5-6-9-31(28)41-38(46)49/h5-6,8-9,23-24,29-30,32,34H,4,7,10-22,25H2,1-3H3,(H,41,49)/t32-,34-/m1/s1. The zero-order valence-electron chi connectivity index (χ0n) is 31.6. The summed E-state index contributed by atoms with van der Waals surface area (Å²) in [6.45, 7) is 7.44. The number of aryl methyl sites for hydroxylation is 2. The van der Waals surface area contributed by atoms with E-state index in [2.05, 4.69) is 10.2 Å². The van der Waals surface area contributed by atoms with Crippen molar-refractivity contribution in [2.75, 3.05) is 51.2 Å². The number of esters is 1. The minimum Gasteiger partial charge on any atom is -0.465 e. The Bertz CT molecular complexity index is 1920. The second-order valence-electron chi connectivity index (χ2n) is 15.1. The van der Waals surface area contributed by atoms with Crippen LogP contribution in [-0.2, 0) is 39.0 Å². The number of rotatable bonds is 9. The Morgan fingerprint density at radius 2 is 1.65 bits per heavy atom. The van der Waals surface area contributed by atoms with Crippen molar-refractivity contribution >= 4 is 40.8 Å². The lowest BCUT2D eigenvalue weighted by atomic mass is 9.99. The van der Waals surface area contributed by atoms with E-state index in [-0.39, 0.29) is 42.5 Å². The van der Waals surface area contributed by atoms with Gasteiger partial charge < -0.3 is 33.9 Å². The van der Waals surface area contributed by atoms with Gasteiger partial charge in [-0.15, -0.1) is 0 Å². The average Bonchev–Trinajstić information content (AvgIpc) is 3.73. The smallest absolute Gasteiger partial charge is 0.419 e. The third kappa shape index (κ3) is 7.84. The fraction of sp³-hybridized carbons (Fsp3) is 0.575. The first-order chi connectivity index (χ1) is 26.1. The number of carbonyl (C=O) groups excluding carboxylic acids is 4. The number of urea groups is 1. The number of oxazole rings is 1. The van der Waals surface area contributed by atoms with E-state index < -0.39 is 18.0 Å². The highest BCUT2D eigenvalue weighted by molar-refractivity contribution is 5.91. The lowest BCUT2D eigenvalue weighted by Crippen LogP contribution is -2.53. The maximum Gasteiger partial charge on any atom is 0.419 e. The summed E-state index contributed by atoms with van der Waals surface area (Å²) in [5, 5.41) is 3.04. The molecule has 2 aromatic carbocycles. The number of hydrogen-bond donors (Lipinski definition) is 1. The molecule has 54 heavy (non-hydrogen) atoms. The van der Waals surface area contributed by atoms with Crippen LogP contribution < -0.4 is 11.1 Å². The van der Waals surface area contributed by atoms with Gasteiger partial charge in [0.25, 0.3) is 5.91 Å². The van der Waals surface area contributed by atoms with Crippen LogP contribution in [0.2, 0.25) is 0 Å². The van der Waals surface area contributed by atoms with Gasteiger partial charge in [0.2, 0.25) is 0 Å². The Morgan fingerprint density at radius 3 is 2.41 bits per heavy atom. The number of nitrogens with one attached hydrogen (secondary N) is 1. The number of hydrogen-bond acceptors (Lipinski definition) is 9. The second kappa shape index (κ2) is 16.3. The van der Waals surface area contributed by atoms with Gasteiger partial charge in [0.1, 0.15) is 6.04 Å². The lowest BCUT2D eigenvalue weighted by Gasteiger charge is -2.40. The highest BCUT2D eigenvalue weighted by atomic mass is 16.6. The number of amides is 4. The SMILES string of the molecule is CCCOC(=O)[C@H]1CCCN1C1CCN(C(=O)[C@@H](Cc2cc(C)c3c(c2)oc(=O)n3C)OC(=O)N2CCC(N3CCc4ccccc4NC3=O)CC2)CC1. The van der Waals surface area contributed by atoms with Gasteiger partial charge in [-0.3, -0.25) is 19.1 Å². The summed E-state index contributed by atoms with van der Waals surface area (Å²) in [5.74, 6) is -0.910. The number of ether oxygens (including phenoxy) is 2. The third-order valence-corrected chi connectivity index (χ3v) is 11.6. The van der Waals surface area contributed by atoms with Gasteiger partial charge in [-0.2, -0.15) is 0 Å². The van der Waals surface area contributed by atoms with E-state index in [9.17, 15) is 24.0 Å². The molecule has 14 heteroatoms. The Balaban J connectivity index is 1.02. The van der Waals surface area contributed by atoms with Crippen molar-refractivity contribution in [2.45, 2.75) is 95.9 Å². The molecule has 290 valence electrons. The molecule has 3 fully saturated rings. The molecule has 5 heterocycles. The van der Waals surface area contributed by atoms with E-state index in [4.69, 9.17) is 13.9 Å². The van der Waals surface area contributed by atoms with Crippen LogP contribution in [0.15, 0.2) is 45.6 Å². The number of anilines is 1. The molecular weight excluding hydrogens is 692 g/mol. The molecule has 7 rings (SSSR count). The summed E-state index contributed by atoms with van der Waals surface area (Å²) in [4.78, 5) is 73.8. The zero-order valence-corrected chi connectivity index (χ0v) is 31.6. The van der Waals surface area contributed by atoms with Gasteiger partial charge >= 0.3 is 23.8 Å². The Hall–Kier alpha value is -4.85. The van der Waals surface area contributed by atoms with Gasteiger partial charge in [0.15, 0.2) is 11.7 Å². The van der Waals surface area contributed by atoms with Gasteiger partial charge in [0, 0.05) is 64.0 Å². The Morgan fingerprint density at radius 1 is 0.926 bits per heavy atom. The minimum absolute atomic E-state index is 0.0268. The topological polar surface area (TPSA) is 147 Å². The van der Waals surface area contributed by atoms with Crippen molar-refractivity contribution in [1.29, 1.82) is 0 Å². The molecule has 0 aliphatic carbocycles. The van der Waals surface area contributed by atoms with Crippen molar-refractivity contribution in [3.05, 3.63) is 63.6 Å². The molecule has 0 saturated carbocycles. The van der Waals surface area contributed by atoms with Gasteiger partial charge in [-0.25, -0.2) is 14.4 Å². The van der Waals surface area contributed by atoms with Crippen LogP contribution in [0.1, 0.15) is 68.6 Å². The second-order valence-corrected chi connectivity index (χ2v) is 15.1. The number of fused-ring (bicyclic) bond motifs is 2. The van der Waals surface area contributed by atoms with Crippen LogP contribution >= 0.6 is 0 Å². The van der Waals surface area contributed by atoms with Crippen LogP contribution in [0.4, 0.5) is 15.3 Å². The van der Waals surface area contributed by atoms with Crippen LogP contribution in [0, 0.1) is 6.92 Å². The van der Waals surface area contributed by atoms with E-state index in [1.807, 2.05) is 49.1 Å². The van der Waals surface area contributed by atoms with Crippen LogP contribution in [0.5, 0.6) is 0 Å². The molecule has 1 N–H and O–H groups in total. The highest BCUT2D eigenvalue weighted by Crippen LogP contribution is 2.29. The first-order valence-corrected chi connectivity index (χ1v) is 19.5. The number of piperidine rings is 2. The maximum atomic E-state index is 14.3. The zero-order chi connectivity index (χ0) is 37.9. The molecule has 14 nitrogen and oxygen atoms in total. The number of likely N-dealkylation sites (tertiary alicyclic amines) is 3. The minimum atomic E-state index is -1.10. The van der Waals surface area contributed by atoms with E-state index in [1.54, 1.807) is 22.9 Å². The molecule has 0 bridgehead atoms. The largest absolute Gasteiger partial charge is 0.465 e. The van der Waals surface area contributed by atoms with Crippen LogP contribution in [0.25, 0.3) is 11.1 Å². The van der Waals surface area contributed by atoms with Gasteiger partial charge in [0.05, 0.1) is 12.1 Å². The van der Waals surface area contributed by atoms with Crippen molar-refractivity contribution in [3.8, 4) is 0 Å². The molecule has 3 saturated heterocycles. The van der Waals surface area contributed by atoms with Crippen molar-refractivity contribution < 1.29 is 33.1 Å². The van der Waals surface area contributed by atoms with E-state index in [1.165, 1.54) is 4.57 Å². The summed E-state index contributed by atoms with van der Waals surface area (Å²) < 4.78 is 18.5. The van der Waals surface area contributed by atoms with E-state index in [0.29, 0.717) is 81.7 Å². The quantitative estimate of drug-likeness (QED) is 0.314. The van der Waals surface area contributed by atoms with E-state index in [0.717, 1.165) is 49.0 Å². The molecule has 0 spiro atoms. The molecule has 4 amide bonds. The Labute approximate surface area is 315 Å². The fourth-order valence-electron chi connectivity index (χ4n) is 8.79. The number of aromatic nitrogens is 1. The Kier molecular flexibility index (Phi) is 11.3. The highest BCUT2D eigenvalue weighted by Gasteiger charge is 2.40. The van der Waals surface area contributed by atoms with E-state index >= 15 is 0 Å². The van der Waals surface area contributed by atoms with Gasteiger partial charge in [-0.05, 0) is 93.7 Å². The number of para-hydroxylation sites is 1. The van der Waals surface area contributed by atoms with Crippen molar-refractivity contribution in [1.82, 2.24) is 24.2 Å². The summed E-state index contributed by atoms with van der Waals surface area (Å²) in [6.07, 6.45) is 4.29. The molecule has 0 unspecified atom stereocenters. The number of carbonyl (C=O) groups is 4. The third-order valence-electron chi connectivity index (χ3n) is 11.6. The first kappa shape index (κ1) is 37.5. The summed E-state index contributed by atoms with van der Waals surface area (Å²) in [6, 6.07) is 11.2. The molecule has 4 aliphatic rings. The van der Waals surface area contributed by atoms with Gasteiger partial charge in [-0.1, -0.05) is 31.2 Å². The maximum absolute atomic E-state index is 14.3. The summed E-state index contributed by atoms with van der Waals surface area (Å²) in [5.41, 5.74) is 4.56. The normalized spacial score (nSPS) is 20.8. The van der Waals surface area contributed by atoms with Crippen LogP contribution in [0.3, 0.4) is 0 Å².